The van der Waals surface area contributed by atoms with Gasteiger partial charge in [-0.1, -0.05) is 6.08 Å². The Morgan fingerprint density at radius 3 is 1.94 bits per heavy atom. The number of carbonyl (C=O) groups excluding carboxylic acids is 9. The van der Waals surface area contributed by atoms with E-state index in [2.05, 4.69) is 30.5 Å². The molecule has 8 amide bonds. The average Bonchev–Trinajstić information content (AvgIpc) is 1.59. The van der Waals surface area contributed by atoms with Crippen LogP contribution in [-0.4, -0.2) is 163 Å². The minimum absolute atomic E-state index is 0.0155. The van der Waals surface area contributed by atoms with Crippen LogP contribution in [0.1, 0.15) is 117 Å². The molecule has 4 aromatic carbocycles. The SMILES string of the molecule is COc1cc2c(C3CC3C3CCC(=O)N3)nccc2cc1C(N)=O.COc1cc2c(OCC3CCC(=O)N3)c3n(c2cc1C(N)=O)C=CC3.COc1cc2c(ccn2CCC2CCC(=O)N2)cc1C(N)=O.NC(=O)c1cc2ccnc3c2cc1OCCOCC(=O)N1C[C@@H]2C(=O)CC(CO3)[C@@H]2C1. The number of fused-ring (bicyclic) bond motifs is 7. The van der Waals surface area contributed by atoms with Crippen molar-refractivity contribution in [2.45, 2.75) is 94.8 Å². The number of hydrogen-bond donors (Lipinski definition) is 7. The van der Waals surface area contributed by atoms with Gasteiger partial charge < -0.3 is 86.1 Å². The summed E-state index contributed by atoms with van der Waals surface area (Å²) in [7, 11) is 4.55. The number of amides is 8. The molecule has 6 unspecified atom stereocenters. The van der Waals surface area contributed by atoms with E-state index in [9.17, 15) is 43.2 Å². The van der Waals surface area contributed by atoms with Gasteiger partial charge in [0.05, 0.1) is 85.3 Å². The van der Waals surface area contributed by atoms with Gasteiger partial charge in [0, 0.05) is 134 Å². The molecule has 6 aliphatic heterocycles. The van der Waals surface area contributed by atoms with Gasteiger partial charge >= 0.3 is 0 Å². The van der Waals surface area contributed by atoms with Gasteiger partial charge in [-0.2, -0.15) is 0 Å². The molecule has 8 atom stereocenters. The Morgan fingerprint density at radius 2 is 1.26 bits per heavy atom. The van der Waals surface area contributed by atoms with Crippen LogP contribution < -0.4 is 67.3 Å². The second-order valence-electron chi connectivity index (χ2n) is 26.7. The number of allylic oxidation sites excluding steroid dienone is 1. The Kier molecular flexibility index (Phi) is 20.0. The lowest BCUT2D eigenvalue weighted by atomic mass is 9.93. The third-order valence-electron chi connectivity index (χ3n) is 20.4. The number of Topliss-reactive ketones (excluding diaryl/α,β-unsaturated/α-hetero) is 1. The summed E-state index contributed by atoms with van der Waals surface area (Å²) in [4.78, 5) is 116. The first-order chi connectivity index (χ1) is 49.2. The number of primary amides is 4. The Balaban J connectivity index is 0.000000122. The van der Waals surface area contributed by atoms with E-state index in [-0.39, 0.29) is 90.7 Å². The Hall–Kier alpha value is -11.3. The molecule has 6 fully saturated rings. The minimum atomic E-state index is -0.610. The van der Waals surface area contributed by atoms with Crippen molar-refractivity contribution in [2.24, 2.45) is 46.6 Å². The molecule has 0 radical (unpaired) electrons. The van der Waals surface area contributed by atoms with Crippen molar-refractivity contribution < 1.29 is 76.3 Å². The lowest BCUT2D eigenvalue weighted by molar-refractivity contribution is -0.136. The lowest BCUT2D eigenvalue weighted by Gasteiger charge is -2.21. The number of nitrogens with two attached hydrogens (primary N) is 4. The standard InChI is InChI=1S/C22H23N3O6.C18H19N3O4.C18H19N3O3.C16H19N3O3/c23-21(28)15-5-12-1-2-24-22-14(12)7-19(15)30-4-3-29-11-20(27)25-8-16-13(10-31-22)6-18(26)17(16)9-25;1-24-15-8-11-14(7-12(15)18(19)23)21-6-2-3-13(21)17(11)25-9-10-4-5-16(22)20-10;1-24-15-8-10-9(6-13(15)18(19)23)4-5-20-17(10)12-7-11(12)14-2-3-16(22)21-14;1-22-14-9-13-10(8-12(14)16(17)21)4-6-19(13)7-5-11-2-3-15(20)18-11/h1-2,5,7,13,16-17H,3-4,6,8-11H2,(H2,23,28);2,6-8,10H,3-5,9H2,1H3,(H2,19,23)(H,20,22);4-6,8,11-12,14H,2-3,7H2,1H3,(H2,19,23)(H,21,22);4,6,8-9,11H,2-3,5,7H2,1H3,(H2,17,21)(H,18,20)/t13?,16-,17-;;;/m0.../s1. The Morgan fingerprint density at radius 1 is 0.627 bits per heavy atom. The fourth-order valence-corrected chi connectivity index (χ4v) is 15.1. The molecule has 11 N–H and O–H groups in total. The van der Waals surface area contributed by atoms with E-state index in [0.717, 1.165) is 100 Å². The predicted molar refractivity (Wildman–Crippen MR) is 373 cm³/mol. The van der Waals surface area contributed by atoms with Crippen LogP contribution in [0.2, 0.25) is 0 Å². The quantitative estimate of drug-likeness (QED) is 0.0679. The van der Waals surface area contributed by atoms with Crippen LogP contribution >= 0.6 is 0 Å². The molecule has 16 rings (SSSR count). The van der Waals surface area contributed by atoms with E-state index in [1.807, 2.05) is 47.3 Å². The van der Waals surface area contributed by atoms with Crippen molar-refractivity contribution in [1.82, 2.24) is 40.0 Å². The van der Waals surface area contributed by atoms with Crippen LogP contribution in [0, 0.1) is 23.7 Å². The van der Waals surface area contributed by atoms with Gasteiger partial charge in [-0.3, -0.25) is 48.1 Å². The second-order valence-corrected chi connectivity index (χ2v) is 26.7. The van der Waals surface area contributed by atoms with Crippen LogP contribution in [-0.2, 0) is 41.7 Å². The number of carbonyl (C=O) groups is 9. The molecular formula is C74H80N12O16. The predicted octanol–water partition coefficient (Wildman–Crippen LogP) is 5.36. The van der Waals surface area contributed by atoms with Crippen LogP contribution in [0.4, 0.5) is 0 Å². The third-order valence-corrected chi connectivity index (χ3v) is 20.4. The van der Waals surface area contributed by atoms with E-state index in [1.54, 1.807) is 59.8 Å². The molecule has 28 heteroatoms. The van der Waals surface area contributed by atoms with Crippen molar-refractivity contribution in [1.29, 1.82) is 0 Å². The Bertz CT molecular complexity index is 4740. The normalized spacial score (nSPS) is 22.3. The topological polar surface area (TPSA) is 397 Å². The van der Waals surface area contributed by atoms with Crippen molar-refractivity contribution in [3.8, 4) is 34.6 Å². The zero-order valence-corrected chi connectivity index (χ0v) is 56.7. The van der Waals surface area contributed by atoms with Gasteiger partial charge in [0.15, 0.2) is 0 Å². The van der Waals surface area contributed by atoms with Gasteiger partial charge in [-0.25, -0.2) is 4.98 Å². The van der Waals surface area contributed by atoms with Gasteiger partial charge in [0.25, 0.3) is 23.6 Å². The molecule has 532 valence electrons. The van der Waals surface area contributed by atoms with Crippen molar-refractivity contribution in [3.05, 3.63) is 125 Å². The number of hydrogen-bond acceptors (Lipinski definition) is 18. The number of ketones is 1. The number of rotatable bonds is 15. The molecule has 8 aliphatic rings. The molecule has 4 aromatic heterocycles. The number of methoxy groups -OCH3 is 3. The first kappa shape index (κ1) is 69.2. The van der Waals surface area contributed by atoms with E-state index in [4.69, 9.17) is 56.1 Å². The van der Waals surface area contributed by atoms with Crippen molar-refractivity contribution in [2.75, 3.05) is 67.5 Å². The fourth-order valence-electron chi connectivity index (χ4n) is 15.1. The zero-order chi connectivity index (χ0) is 71.6. The smallest absolute Gasteiger partial charge is 0.252 e. The van der Waals surface area contributed by atoms with Gasteiger partial charge in [0.1, 0.15) is 54.4 Å². The number of aryl methyl sites for hydroxylation is 1. The van der Waals surface area contributed by atoms with Gasteiger partial charge in [-0.15, -0.1) is 0 Å². The maximum absolute atomic E-state index is 12.5. The number of benzene rings is 4. The lowest BCUT2D eigenvalue weighted by Crippen LogP contribution is -2.34. The number of aromatic nitrogens is 4. The molecule has 0 spiro atoms. The van der Waals surface area contributed by atoms with E-state index < -0.39 is 23.6 Å². The zero-order valence-electron chi connectivity index (χ0n) is 56.7. The average molecular weight is 1390 g/mol. The monoisotopic (exact) mass is 1390 g/mol. The minimum Gasteiger partial charge on any atom is -0.496 e. The summed E-state index contributed by atoms with van der Waals surface area (Å²) in [5.74, 6) is 1.81. The number of ether oxygens (including phenoxy) is 7. The number of nitrogens with zero attached hydrogens (tertiary/aromatic N) is 5. The highest BCUT2D eigenvalue weighted by molar-refractivity contribution is 6.05. The summed E-state index contributed by atoms with van der Waals surface area (Å²) >= 11 is 0. The molecule has 2 saturated carbocycles. The summed E-state index contributed by atoms with van der Waals surface area (Å²) in [5.41, 5.74) is 27.0. The van der Waals surface area contributed by atoms with E-state index in [1.165, 1.54) is 21.3 Å². The summed E-state index contributed by atoms with van der Waals surface area (Å²) in [6.45, 7) is 2.75. The first-order valence-corrected chi connectivity index (χ1v) is 34.1. The largest absolute Gasteiger partial charge is 0.496 e. The molecule has 8 aromatic rings. The molecule has 28 nitrogen and oxygen atoms in total. The highest BCUT2D eigenvalue weighted by Crippen LogP contribution is 2.52. The molecule has 2 aliphatic carbocycles. The Labute approximate surface area is 585 Å². The molecule has 10 heterocycles. The second kappa shape index (κ2) is 29.5. The van der Waals surface area contributed by atoms with Crippen molar-refractivity contribution >= 4 is 103 Å². The van der Waals surface area contributed by atoms with Gasteiger partial charge in [0.2, 0.25) is 29.5 Å². The molecule has 4 saturated heterocycles. The maximum atomic E-state index is 12.5. The van der Waals surface area contributed by atoms with Crippen molar-refractivity contribution in [3.63, 3.8) is 0 Å². The van der Waals surface area contributed by atoms with Gasteiger partial charge in [-0.05, 0) is 115 Å². The molecular weight excluding hydrogens is 1310 g/mol. The molecule has 4 bridgehead atoms. The summed E-state index contributed by atoms with van der Waals surface area (Å²) in [6, 6.07) is 20.2. The number of nitrogens with one attached hydrogen (secondary N) is 3. The third kappa shape index (κ3) is 14.4. The summed E-state index contributed by atoms with van der Waals surface area (Å²) in [6.07, 6.45) is 16.8. The van der Waals surface area contributed by atoms with Crippen LogP contribution in [0.15, 0.2) is 91.4 Å². The van der Waals surface area contributed by atoms with Crippen LogP contribution in [0.25, 0.3) is 49.6 Å². The van der Waals surface area contributed by atoms with Crippen LogP contribution in [0.5, 0.6) is 34.6 Å². The summed E-state index contributed by atoms with van der Waals surface area (Å²) < 4.78 is 43.4. The van der Waals surface area contributed by atoms with Crippen LogP contribution in [0.3, 0.4) is 0 Å². The highest BCUT2D eigenvalue weighted by Gasteiger charge is 2.50. The maximum Gasteiger partial charge on any atom is 0.252 e. The molecule has 102 heavy (non-hydrogen) atoms. The first-order valence-electron chi connectivity index (χ1n) is 34.1. The summed E-state index contributed by atoms with van der Waals surface area (Å²) in [5, 5.41) is 14.1. The fraction of sp³-hybridized carbons (Fsp3) is 0.392. The van der Waals surface area contributed by atoms with E-state index >= 15 is 0 Å². The van der Waals surface area contributed by atoms with E-state index in [0.29, 0.717) is 115 Å². The highest BCUT2D eigenvalue weighted by atomic mass is 16.5. The number of pyridine rings is 2.